The van der Waals surface area contributed by atoms with E-state index in [0.29, 0.717) is 6.04 Å². The third-order valence-corrected chi connectivity index (χ3v) is 4.21. The third-order valence-electron chi connectivity index (χ3n) is 4.21. The zero-order chi connectivity index (χ0) is 13.9. The Morgan fingerprint density at radius 1 is 1.10 bits per heavy atom. The van der Waals surface area contributed by atoms with E-state index < -0.39 is 0 Å². The van der Waals surface area contributed by atoms with Gasteiger partial charge in [-0.25, -0.2) is 0 Å². The van der Waals surface area contributed by atoms with Crippen molar-refractivity contribution in [1.29, 1.82) is 0 Å². The molecule has 1 atom stereocenters. The van der Waals surface area contributed by atoms with Crippen LogP contribution in [-0.4, -0.2) is 6.54 Å². The summed E-state index contributed by atoms with van der Waals surface area (Å²) >= 11 is 0. The van der Waals surface area contributed by atoms with Gasteiger partial charge in [0.15, 0.2) is 0 Å². The first-order valence-corrected chi connectivity index (χ1v) is 7.77. The van der Waals surface area contributed by atoms with E-state index in [1.807, 2.05) is 0 Å². The molecule has 0 saturated carbocycles. The van der Waals surface area contributed by atoms with Gasteiger partial charge in [0.2, 0.25) is 0 Å². The van der Waals surface area contributed by atoms with Crippen LogP contribution in [0.2, 0.25) is 0 Å². The summed E-state index contributed by atoms with van der Waals surface area (Å²) < 4.78 is 6.07. The van der Waals surface area contributed by atoms with Crippen LogP contribution in [0.15, 0.2) is 34.7 Å². The first-order chi connectivity index (χ1) is 9.81. The Kier molecular flexibility index (Phi) is 3.93. The fourth-order valence-electron chi connectivity index (χ4n) is 3.11. The van der Waals surface area contributed by atoms with Crippen molar-refractivity contribution in [3.8, 4) is 11.3 Å². The summed E-state index contributed by atoms with van der Waals surface area (Å²) in [7, 11) is 0. The predicted octanol–water partition coefficient (Wildman–Crippen LogP) is 4.50. The van der Waals surface area contributed by atoms with Crippen molar-refractivity contribution in [1.82, 2.24) is 5.32 Å². The van der Waals surface area contributed by atoms with E-state index in [1.165, 1.54) is 36.0 Å². The topological polar surface area (TPSA) is 25.2 Å². The molecule has 0 saturated heterocycles. The number of fused-ring (bicyclic) bond motifs is 1. The molecule has 20 heavy (non-hydrogen) atoms. The summed E-state index contributed by atoms with van der Waals surface area (Å²) in [6.45, 7) is 5.28. The van der Waals surface area contributed by atoms with Gasteiger partial charge in [0.25, 0.3) is 0 Å². The fourth-order valence-corrected chi connectivity index (χ4v) is 3.11. The predicted molar refractivity (Wildman–Crippen MR) is 82.9 cm³/mol. The van der Waals surface area contributed by atoms with Crippen LogP contribution in [0.3, 0.4) is 0 Å². The van der Waals surface area contributed by atoms with Gasteiger partial charge in [0.05, 0.1) is 6.04 Å². The van der Waals surface area contributed by atoms with E-state index in [1.54, 1.807) is 0 Å². The van der Waals surface area contributed by atoms with Gasteiger partial charge < -0.3 is 9.73 Å². The van der Waals surface area contributed by atoms with Crippen LogP contribution in [-0.2, 0) is 12.8 Å². The first kappa shape index (κ1) is 13.4. The molecular weight excluding hydrogens is 246 g/mol. The highest BCUT2D eigenvalue weighted by molar-refractivity contribution is 5.60. The lowest BCUT2D eigenvalue weighted by Gasteiger charge is -2.12. The first-order valence-electron chi connectivity index (χ1n) is 7.77. The second kappa shape index (κ2) is 5.84. The minimum atomic E-state index is 0.322. The number of furan rings is 1. The van der Waals surface area contributed by atoms with Gasteiger partial charge in [0, 0.05) is 5.56 Å². The molecule has 0 spiro atoms. The molecule has 1 N–H and O–H groups in total. The number of nitrogens with one attached hydrogen (secondary N) is 1. The van der Waals surface area contributed by atoms with E-state index in [4.69, 9.17) is 4.42 Å². The maximum Gasteiger partial charge on any atom is 0.134 e. The Balaban J connectivity index is 1.86. The van der Waals surface area contributed by atoms with Crippen LogP contribution in [0.5, 0.6) is 0 Å². The average Bonchev–Trinajstić information content (AvgIpc) is 3.12. The molecule has 1 heterocycles. The van der Waals surface area contributed by atoms with Crippen molar-refractivity contribution in [3.63, 3.8) is 0 Å². The Hall–Kier alpha value is -1.54. The van der Waals surface area contributed by atoms with Crippen molar-refractivity contribution in [2.45, 2.75) is 45.6 Å². The Bertz CT molecular complexity index is 585. The number of hydrogen-bond acceptors (Lipinski definition) is 2. The van der Waals surface area contributed by atoms with Crippen LogP contribution in [0.1, 0.15) is 49.6 Å². The largest absolute Gasteiger partial charge is 0.459 e. The van der Waals surface area contributed by atoms with Gasteiger partial charge in [-0.2, -0.15) is 0 Å². The quantitative estimate of drug-likeness (QED) is 0.864. The smallest absolute Gasteiger partial charge is 0.134 e. The van der Waals surface area contributed by atoms with Crippen LogP contribution < -0.4 is 5.32 Å². The third kappa shape index (κ3) is 2.53. The van der Waals surface area contributed by atoms with Crippen LogP contribution in [0.25, 0.3) is 11.3 Å². The molecule has 1 aliphatic carbocycles. The number of hydrogen-bond donors (Lipinski definition) is 1. The maximum atomic E-state index is 6.07. The highest BCUT2D eigenvalue weighted by Crippen LogP contribution is 2.30. The molecule has 0 bridgehead atoms. The van der Waals surface area contributed by atoms with Crippen molar-refractivity contribution in [3.05, 3.63) is 47.2 Å². The van der Waals surface area contributed by atoms with Crippen molar-refractivity contribution >= 4 is 0 Å². The minimum absolute atomic E-state index is 0.322. The zero-order valence-electron chi connectivity index (χ0n) is 12.4. The summed E-state index contributed by atoms with van der Waals surface area (Å²) in [4.78, 5) is 0. The van der Waals surface area contributed by atoms with Crippen LogP contribution in [0, 0.1) is 0 Å². The zero-order valence-corrected chi connectivity index (χ0v) is 12.4. The van der Waals surface area contributed by atoms with Gasteiger partial charge in [-0.1, -0.05) is 26.0 Å². The summed E-state index contributed by atoms with van der Waals surface area (Å²) in [6.07, 6.45) is 4.79. The molecule has 0 fully saturated rings. The van der Waals surface area contributed by atoms with Gasteiger partial charge in [0.1, 0.15) is 11.5 Å². The van der Waals surface area contributed by atoms with Gasteiger partial charge in [-0.3, -0.25) is 0 Å². The standard InChI is InChI=1S/C18H23NO/c1-3-16(19-4-2)18-11-10-17(20-18)15-9-8-13-6-5-7-14(13)12-15/h8-12,16,19H,3-7H2,1-2H3. The Morgan fingerprint density at radius 2 is 1.95 bits per heavy atom. The highest BCUT2D eigenvalue weighted by atomic mass is 16.3. The van der Waals surface area contributed by atoms with Crippen LogP contribution >= 0.6 is 0 Å². The molecule has 1 aromatic heterocycles. The summed E-state index contributed by atoms with van der Waals surface area (Å²) in [5.74, 6) is 2.04. The molecule has 2 heteroatoms. The summed E-state index contributed by atoms with van der Waals surface area (Å²) in [5.41, 5.74) is 4.22. The number of rotatable bonds is 5. The van der Waals surface area contributed by atoms with Crippen molar-refractivity contribution < 1.29 is 4.42 Å². The molecule has 1 unspecified atom stereocenters. The van der Waals surface area contributed by atoms with E-state index in [9.17, 15) is 0 Å². The Labute approximate surface area is 121 Å². The fraction of sp³-hybridized carbons (Fsp3) is 0.444. The molecule has 1 aromatic carbocycles. The molecule has 0 radical (unpaired) electrons. The van der Waals surface area contributed by atoms with Gasteiger partial charge in [-0.15, -0.1) is 0 Å². The number of aryl methyl sites for hydroxylation is 2. The van der Waals surface area contributed by atoms with Gasteiger partial charge in [-0.05, 0) is 61.6 Å². The van der Waals surface area contributed by atoms with E-state index >= 15 is 0 Å². The molecule has 2 aromatic rings. The van der Waals surface area contributed by atoms with Gasteiger partial charge >= 0.3 is 0 Å². The lowest BCUT2D eigenvalue weighted by atomic mass is 10.1. The van der Waals surface area contributed by atoms with E-state index in [2.05, 4.69) is 49.5 Å². The molecule has 1 aliphatic rings. The maximum absolute atomic E-state index is 6.07. The number of benzene rings is 1. The molecule has 3 rings (SSSR count). The normalized spacial score (nSPS) is 15.3. The van der Waals surface area contributed by atoms with E-state index in [-0.39, 0.29) is 0 Å². The lowest BCUT2D eigenvalue weighted by molar-refractivity contribution is 0.417. The minimum Gasteiger partial charge on any atom is -0.459 e. The SMILES string of the molecule is CCNC(CC)c1ccc(-c2ccc3c(c2)CCC3)o1. The Morgan fingerprint density at radius 3 is 2.75 bits per heavy atom. The molecule has 2 nitrogen and oxygen atoms in total. The molecule has 106 valence electrons. The highest BCUT2D eigenvalue weighted by Gasteiger charge is 2.15. The molecular formula is C18H23NO. The van der Waals surface area contributed by atoms with Crippen molar-refractivity contribution in [2.24, 2.45) is 0 Å². The van der Waals surface area contributed by atoms with E-state index in [0.717, 1.165) is 24.5 Å². The second-order valence-corrected chi connectivity index (χ2v) is 5.56. The average molecular weight is 269 g/mol. The monoisotopic (exact) mass is 269 g/mol. The van der Waals surface area contributed by atoms with Crippen LogP contribution in [0.4, 0.5) is 0 Å². The summed E-state index contributed by atoms with van der Waals surface area (Å²) in [5, 5.41) is 3.46. The lowest BCUT2D eigenvalue weighted by Crippen LogP contribution is -2.19. The second-order valence-electron chi connectivity index (χ2n) is 5.56. The van der Waals surface area contributed by atoms with Crippen molar-refractivity contribution in [2.75, 3.05) is 6.54 Å². The summed E-state index contributed by atoms with van der Waals surface area (Å²) in [6, 6.07) is 11.3. The molecule has 0 aliphatic heterocycles. The molecule has 0 amide bonds.